The highest BCUT2D eigenvalue weighted by molar-refractivity contribution is 9.10. The standard InChI is InChI=1S/C12H16Br2O/c1-9(2)8-15-12(7-13)10-4-3-5-11(14)6-10/h3-6,9,12H,7-8H2,1-2H3. The molecule has 0 aliphatic carbocycles. The van der Waals surface area contributed by atoms with E-state index in [-0.39, 0.29) is 6.10 Å². The van der Waals surface area contributed by atoms with Crippen LogP contribution in [0.2, 0.25) is 0 Å². The molecule has 0 saturated heterocycles. The van der Waals surface area contributed by atoms with Gasteiger partial charge in [-0.2, -0.15) is 0 Å². The van der Waals surface area contributed by atoms with Gasteiger partial charge >= 0.3 is 0 Å². The van der Waals surface area contributed by atoms with Crippen molar-refractivity contribution in [1.29, 1.82) is 0 Å². The summed E-state index contributed by atoms with van der Waals surface area (Å²) >= 11 is 6.96. The van der Waals surface area contributed by atoms with Gasteiger partial charge in [-0.25, -0.2) is 0 Å². The van der Waals surface area contributed by atoms with E-state index in [9.17, 15) is 0 Å². The van der Waals surface area contributed by atoms with Crippen LogP contribution in [0.15, 0.2) is 28.7 Å². The molecule has 1 aromatic carbocycles. The Morgan fingerprint density at radius 1 is 1.33 bits per heavy atom. The fourth-order valence-electron chi connectivity index (χ4n) is 1.25. The van der Waals surface area contributed by atoms with Crippen LogP contribution in [0, 0.1) is 5.92 Å². The van der Waals surface area contributed by atoms with Crippen LogP contribution in [0.4, 0.5) is 0 Å². The minimum absolute atomic E-state index is 0.143. The molecule has 1 atom stereocenters. The molecule has 0 bridgehead atoms. The Bertz CT molecular complexity index is 299. The Morgan fingerprint density at radius 2 is 2.07 bits per heavy atom. The summed E-state index contributed by atoms with van der Waals surface area (Å²) < 4.78 is 6.92. The number of benzene rings is 1. The Labute approximate surface area is 108 Å². The molecule has 0 spiro atoms. The van der Waals surface area contributed by atoms with Crippen molar-refractivity contribution in [3.63, 3.8) is 0 Å². The van der Waals surface area contributed by atoms with Crippen LogP contribution in [-0.4, -0.2) is 11.9 Å². The summed E-state index contributed by atoms with van der Waals surface area (Å²) in [6.07, 6.45) is 0.143. The van der Waals surface area contributed by atoms with Gasteiger partial charge in [0, 0.05) is 16.4 Å². The van der Waals surface area contributed by atoms with E-state index in [0.717, 1.165) is 16.4 Å². The van der Waals surface area contributed by atoms with Gasteiger partial charge in [-0.3, -0.25) is 0 Å². The fraction of sp³-hybridized carbons (Fsp3) is 0.500. The van der Waals surface area contributed by atoms with Crippen molar-refractivity contribution < 1.29 is 4.74 Å². The highest BCUT2D eigenvalue weighted by Gasteiger charge is 2.11. The minimum atomic E-state index is 0.143. The van der Waals surface area contributed by atoms with Gasteiger partial charge in [-0.15, -0.1) is 0 Å². The van der Waals surface area contributed by atoms with Crippen LogP contribution in [0.5, 0.6) is 0 Å². The molecule has 0 heterocycles. The van der Waals surface area contributed by atoms with E-state index >= 15 is 0 Å². The van der Waals surface area contributed by atoms with E-state index in [1.54, 1.807) is 0 Å². The molecule has 15 heavy (non-hydrogen) atoms. The monoisotopic (exact) mass is 334 g/mol. The molecule has 0 amide bonds. The van der Waals surface area contributed by atoms with E-state index < -0.39 is 0 Å². The molecule has 1 aromatic rings. The average molecular weight is 336 g/mol. The summed E-state index contributed by atoms with van der Waals surface area (Å²) in [7, 11) is 0. The molecule has 0 N–H and O–H groups in total. The number of ether oxygens (including phenoxy) is 1. The van der Waals surface area contributed by atoms with Gasteiger partial charge in [0.2, 0.25) is 0 Å². The van der Waals surface area contributed by atoms with Crippen molar-refractivity contribution in [2.75, 3.05) is 11.9 Å². The maximum atomic E-state index is 5.83. The van der Waals surface area contributed by atoms with Crippen molar-refractivity contribution in [3.05, 3.63) is 34.3 Å². The molecular weight excluding hydrogens is 320 g/mol. The first-order chi connectivity index (χ1) is 7.13. The predicted molar refractivity (Wildman–Crippen MR) is 71.5 cm³/mol. The third-order valence-electron chi connectivity index (χ3n) is 1.99. The lowest BCUT2D eigenvalue weighted by atomic mass is 10.1. The third-order valence-corrected chi connectivity index (χ3v) is 3.07. The Kier molecular flexibility index (Phi) is 5.87. The second-order valence-electron chi connectivity index (χ2n) is 3.93. The lowest BCUT2D eigenvalue weighted by molar-refractivity contribution is 0.0507. The summed E-state index contributed by atoms with van der Waals surface area (Å²) in [5, 5.41) is 0.830. The smallest absolute Gasteiger partial charge is 0.0922 e. The molecule has 84 valence electrons. The number of hydrogen-bond donors (Lipinski definition) is 0. The summed E-state index contributed by atoms with van der Waals surface area (Å²) in [6, 6.07) is 8.26. The predicted octanol–water partition coefficient (Wildman–Crippen LogP) is 4.56. The van der Waals surface area contributed by atoms with E-state index in [1.807, 2.05) is 12.1 Å². The lowest BCUT2D eigenvalue weighted by Gasteiger charge is -2.17. The minimum Gasteiger partial charge on any atom is -0.372 e. The summed E-state index contributed by atoms with van der Waals surface area (Å²) in [5.41, 5.74) is 1.21. The number of hydrogen-bond acceptors (Lipinski definition) is 1. The zero-order valence-electron chi connectivity index (χ0n) is 9.04. The van der Waals surface area contributed by atoms with Gasteiger partial charge in [0.1, 0.15) is 0 Å². The first-order valence-electron chi connectivity index (χ1n) is 5.06. The summed E-state index contributed by atoms with van der Waals surface area (Å²) in [5.74, 6) is 0.568. The fourth-order valence-corrected chi connectivity index (χ4v) is 2.22. The van der Waals surface area contributed by atoms with Gasteiger partial charge in [-0.05, 0) is 23.6 Å². The third kappa shape index (κ3) is 4.66. The molecule has 1 rings (SSSR count). The maximum absolute atomic E-state index is 5.83. The highest BCUT2D eigenvalue weighted by atomic mass is 79.9. The summed E-state index contributed by atoms with van der Waals surface area (Å²) in [6.45, 7) is 5.11. The normalized spacial score (nSPS) is 13.1. The SMILES string of the molecule is CC(C)COC(CBr)c1cccc(Br)c1. The molecule has 0 radical (unpaired) electrons. The van der Waals surface area contributed by atoms with Crippen LogP contribution in [0.25, 0.3) is 0 Å². The number of halogens is 2. The van der Waals surface area contributed by atoms with Crippen molar-refractivity contribution in [2.45, 2.75) is 20.0 Å². The second kappa shape index (κ2) is 6.66. The van der Waals surface area contributed by atoms with Gasteiger partial charge in [0.05, 0.1) is 6.10 Å². The van der Waals surface area contributed by atoms with Gasteiger partial charge < -0.3 is 4.74 Å². The van der Waals surface area contributed by atoms with Crippen LogP contribution >= 0.6 is 31.9 Å². The first kappa shape index (κ1) is 13.2. The Hall–Kier alpha value is 0.140. The molecule has 0 aromatic heterocycles. The molecule has 0 saturated carbocycles. The molecular formula is C12H16Br2O. The van der Waals surface area contributed by atoms with E-state index in [1.165, 1.54) is 5.56 Å². The Balaban J connectivity index is 2.65. The van der Waals surface area contributed by atoms with Crippen LogP contribution in [0.3, 0.4) is 0 Å². The quantitative estimate of drug-likeness (QED) is 0.717. The lowest BCUT2D eigenvalue weighted by Crippen LogP contribution is -2.10. The first-order valence-corrected chi connectivity index (χ1v) is 6.98. The number of alkyl halides is 1. The van der Waals surface area contributed by atoms with Crippen LogP contribution < -0.4 is 0 Å². The van der Waals surface area contributed by atoms with Crippen LogP contribution in [0.1, 0.15) is 25.5 Å². The second-order valence-corrected chi connectivity index (χ2v) is 5.49. The van der Waals surface area contributed by atoms with Gasteiger partial charge in [0.15, 0.2) is 0 Å². The summed E-state index contributed by atoms with van der Waals surface area (Å²) in [4.78, 5) is 0. The topological polar surface area (TPSA) is 9.23 Å². The largest absolute Gasteiger partial charge is 0.372 e. The average Bonchev–Trinajstić information content (AvgIpc) is 2.18. The van der Waals surface area contributed by atoms with E-state index in [2.05, 4.69) is 57.8 Å². The molecule has 0 aliphatic heterocycles. The highest BCUT2D eigenvalue weighted by Crippen LogP contribution is 2.23. The van der Waals surface area contributed by atoms with Crippen LogP contribution in [-0.2, 0) is 4.74 Å². The van der Waals surface area contributed by atoms with Crippen molar-refractivity contribution >= 4 is 31.9 Å². The molecule has 3 heteroatoms. The van der Waals surface area contributed by atoms with Crippen molar-refractivity contribution in [1.82, 2.24) is 0 Å². The maximum Gasteiger partial charge on any atom is 0.0922 e. The van der Waals surface area contributed by atoms with Crippen molar-refractivity contribution in [3.8, 4) is 0 Å². The van der Waals surface area contributed by atoms with E-state index in [0.29, 0.717) is 5.92 Å². The number of rotatable bonds is 5. The molecule has 1 unspecified atom stereocenters. The molecule has 0 fully saturated rings. The van der Waals surface area contributed by atoms with Gasteiger partial charge in [-0.1, -0.05) is 57.8 Å². The van der Waals surface area contributed by atoms with Crippen molar-refractivity contribution in [2.24, 2.45) is 5.92 Å². The molecule has 0 aliphatic rings. The Morgan fingerprint density at radius 3 is 2.60 bits per heavy atom. The zero-order chi connectivity index (χ0) is 11.3. The zero-order valence-corrected chi connectivity index (χ0v) is 12.2. The molecule has 1 nitrogen and oxygen atoms in total. The van der Waals surface area contributed by atoms with E-state index in [4.69, 9.17) is 4.74 Å². The van der Waals surface area contributed by atoms with Gasteiger partial charge in [0.25, 0.3) is 0 Å².